The standard InChI is InChI=1S/C35H44N2O13.C31H38N2O11/c1-19(2)31(40)46-17-37-14-13-26(38)29(47-18-48-32(41)20(3)4)27(37)30(39)36-25-16-45-34(43)24(15-23-11-9-8-10-12-23)28(22(7)49-35(25)44)50-33(42)21(5)6;1-17(2)28(35)42-16-41-26-23(39-6)12-13-32-24(26)27(34)33-22-15-40-30(37)21(14-20-10-8-7-9-11-20)25(19(5)43-31(22)38)44-29(36)18(3)4/h8-14,19-22,24-25,28H,15-18H2,1-7H3,(H,36,39);7-13,17-19,21-22,25H,14-16H2,1-6H3,(H,33,34)/t22-,24+,25?,28-;19-,21+,22?,25-/m00/s1. The van der Waals surface area contributed by atoms with Crippen molar-refractivity contribution in [3.63, 3.8) is 0 Å². The highest BCUT2D eigenvalue weighted by Crippen LogP contribution is 2.31. The van der Waals surface area contributed by atoms with Crippen molar-refractivity contribution < 1.29 is 110 Å². The molecule has 28 nitrogen and oxygen atoms in total. The van der Waals surface area contributed by atoms with Crippen LogP contribution in [0.3, 0.4) is 0 Å². The van der Waals surface area contributed by atoms with E-state index in [-0.39, 0.29) is 30.0 Å². The van der Waals surface area contributed by atoms with Crippen LogP contribution in [0.2, 0.25) is 0 Å². The molecule has 2 amide bonds. The summed E-state index contributed by atoms with van der Waals surface area (Å²) in [6.45, 7) is 16.1. The molecule has 94 heavy (non-hydrogen) atoms. The number of benzene rings is 2. The Bertz CT molecular complexity index is 3370. The van der Waals surface area contributed by atoms with Crippen molar-refractivity contribution in [2.45, 2.75) is 139 Å². The Morgan fingerprint density at radius 2 is 0.947 bits per heavy atom. The van der Waals surface area contributed by atoms with Crippen LogP contribution in [-0.2, 0) is 105 Å². The number of carbonyl (C=O) groups excluding carboxylic acids is 11. The molecule has 4 aromatic rings. The molecule has 2 unspecified atom stereocenters. The Hall–Kier alpha value is -9.89. The van der Waals surface area contributed by atoms with Gasteiger partial charge in [-0.25, -0.2) is 14.6 Å². The number of hydrogen-bond donors (Lipinski definition) is 2. The molecular weight excluding hydrogens is 1230 g/mol. The minimum atomic E-state index is -1.61. The van der Waals surface area contributed by atoms with Crippen molar-refractivity contribution in [1.82, 2.24) is 20.2 Å². The summed E-state index contributed by atoms with van der Waals surface area (Å²) in [6.07, 6.45) is -1.96. The normalized spacial score (nSPS) is 19.9. The van der Waals surface area contributed by atoms with Gasteiger partial charge in [-0.15, -0.1) is 0 Å². The molecule has 2 aliphatic rings. The van der Waals surface area contributed by atoms with Crippen molar-refractivity contribution in [3.8, 4) is 17.2 Å². The Labute approximate surface area is 543 Å². The van der Waals surface area contributed by atoms with Gasteiger partial charge in [-0.2, -0.15) is 0 Å². The van der Waals surface area contributed by atoms with Gasteiger partial charge in [-0.05, 0) is 37.8 Å². The van der Waals surface area contributed by atoms with E-state index in [0.717, 1.165) is 21.8 Å². The summed E-state index contributed by atoms with van der Waals surface area (Å²) in [7, 11) is 1.34. The van der Waals surface area contributed by atoms with E-state index in [1.54, 1.807) is 112 Å². The maximum Gasteiger partial charge on any atom is 0.332 e. The largest absolute Gasteiger partial charge is 0.493 e. The number of ether oxygens (including phenoxy) is 12. The highest BCUT2D eigenvalue weighted by molar-refractivity contribution is 5.99. The lowest BCUT2D eigenvalue weighted by molar-refractivity contribution is -0.176. The average Bonchev–Trinajstić information content (AvgIpc) is 1.06. The predicted octanol–water partition coefficient (Wildman–Crippen LogP) is 5.19. The fourth-order valence-corrected chi connectivity index (χ4v) is 8.81. The molecule has 2 aromatic heterocycles. The van der Waals surface area contributed by atoms with E-state index < -0.39 is 194 Å². The molecule has 0 aliphatic carbocycles. The van der Waals surface area contributed by atoms with Crippen LogP contribution in [0.1, 0.15) is 115 Å². The molecule has 0 saturated carbocycles. The van der Waals surface area contributed by atoms with Crippen LogP contribution in [0.15, 0.2) is 90.0 Å². The van der Waals surface area contributed by atoms with Crippen LogP contribution in [-0.4, -0.2) is 145 Å². The fourth-order valence-electron chi connectivity index (χ4n) is 8.81. The monoisotopic (exact) mass is 1310 g/mol. The van der Waals surface area contributed by atoms with Crippen LogP contribution < -0.4 is 30.3 Å². The van der Waals surface area contributed by atoms with Gasteiger partial charge in [0.25, 0.3) is 11.8 Å². The summed E-state index contributed by atoms with van der Waals surface area (Å²) in [4.78, 5) is 159. The van der Waals surface area contributed by atoms with Gasteiger partial charge in [0, 0.05) is 24.5 Å². The third-order valence-electron chi connectivity index (χ3n) is 14.2. The van der Waals surface area contributed by atoms with Crippen molar-refractivity contribution in [2.24, 2.45) is 41.4 Å². The van der Waals surface area contributed by atoms with Crippen LogP contribution in [0.5, 0.6) is 17.2 Å². The van der Waals surface area contributed by atoms with Gasteiger partial charge in [0.15, 0.2) is 59.7 Å². The van der Waals surface area contributed by atoms with Crippen LogP contribution in [0.25, 0.3) is 0 Å². The molecule has 0 radical (unpaired) electrons. The van der Waals surface area contributed by atoms with Gasteiger partial charge < -0.3 is 72.0 Å². The Kier molecular flexibility index (Phi) is 28.5. The lowest BCUT2D eigenvalue weighted by Gasteiger charge is -2.29. The maximum atomic E-state index is 13.9. The molecule has 6 rings (SSSR count). The first-order valence-electron chi connectivity index (χ1n) is 30.4. The zero-order chi connectivity index (χ0) is 69.5. The topological polar surface area (TPSA) is 357 Å². The molecule has 4 heterocycles. The second kappa shape index (κ2) is 35.8. The van der Waals surface area contributed by atoms with Crippen molar-refractivity contribution in [1.29, 1.82) is 0 Å². The molecule has 2 saturated heterocycles. The zero-order valence-corrected chi connectivity index (χ0v) is 54.7. The fraction of sp³-hybridized carbons (Fsp3) is 0.500. The second-order valence-electron chi connectivity index (χ2n) is 23.3. The van der Waals surface area contributed by atoms with Gasteiger partial charge in [0.05, 0.1) is 36.7 Å². The van der Waals surface area contributed by atoms with Crippen molar-refractivity contribution in [3.05, 3.63) is 118 Å². The minimum Gasteiger partial charge on any atom is -0.493 e. The van der Waals surface area contributed by atoms with Gasteiger partial charge in [-0.3, -0.25) is 47.9 Å². The molecule has 8 atom stereocenters. The number of nitrogens with zero attached hydrogens (tertiary/aromatic N) is 2. The minimum absolute atomic E-state index is 0.0854. The van der Waals surface area contributed by atoms with Gasteiger partial charge >= 0.3 is 53.7 Å². The lowest BCUT2D eigenvalue weighted by atomic mass is 9.91. The van der Waals surface area contributed by atoms with E-state index in [4.69, 9.17) is 56.8 Å². The molecular formula is C66H82N4O24. The first-order valence-corrected chi connectivity index (χ1v) is 30.4. The third-order valence-corrected chi connectivity index (χ3v) is 14.2. The van der Waals surface area contributed by atoms with Crippen LogP contribution in [0.4, 0.5) is 0 Å². The SMILES string of the molecule is CC(C)C(=O)OCOc1c(C(=O)NC2COC(=O)[C@H](Cc3ccccc3)[C@@H](OC(=O)C(C)C)[C@H](C)OC2=O)n(COC(=O)C(C)C)ccc1=O.COc1ccnc(C(=O)NC2COC(=O)[C@H](Cc3ccccc3)[C@@H](OC(=O)C(C)C)[C@H](C)OC2=O)c1OCOC(=O)C(C)C. The predicted molar refractivity (Wildman–Crippen MR) is 328 cm³/mol. The van der Waals surface area contributed by atoms with E-state index >= 15 is 0 Å². The first-order chi connectivity index (χ1) is 44.5. The molecule has 510 valence electrons. The first kappa shape index (κ1) is 74.8. The number of nitrogens with one attached hydrogen (secondary N) is 2. The summed E-state index contributed by atoms with van der Waals surface area (Å²) in [5, 5.41) is 4.87. The zero-order valence-electron chi connectivity index (χ0n) is 54.7. The molecule has 0 bridgehead atoms. The van der Waals surface area contributed by atoms with Gasteiger partial charge in [-0.1, -0.05) is 130 Å². The quantitative estimate of drug-likeness (QED) is 0.0517. The average molecular weight is 1320 g/mol. The van der Waals surface area contributed by atoms with Crippen LogP contribution >= 0.6 is 0 Å². The molecule has 28 heteroatoms. The number of carbonyl (C=O) groups is 11. The molecule has 2 fully saturated rings. The molecule has 2 aromatic carbocycles. The number of pyridine rings is 2. The number of hydrogen-bond acceptors (Lipinski definition) is 25. The number of methoxy groups -OCH3 is 1. The molecule has 2 aliphatic heterocycles. The highest BCUT2D eigenvalue weighted by atomic mass is 16.7. The third kappa shape index (κ3) is 21.6. The van der Waals surface area contributed by atoms with Crippen LogP contribution in [0, 0.1) is 41.4 Å². The number of esters is 9. The van der Waals surface area contributed by atoms with E-state index in [0.29, 0.717) is 0 Å². The number of rotatable bonds is 24. The van der Waals surface area contributed by atoms with E-state index in [1.165, 1.54) is 39.4 Å². The number of cyclic esters (lactones) is 4. The Balaban J connectivity index is 0.000000343. The highest BCUT2D eigenvalue weighted by Gasteiger charge is 2.45. The van der Waals surface area contributed by atoms with E-state index in [2.05, 4.69) is 15.6 Å². The number of amides is 2. The summed E-state index contributed by atoms with van der Waals surface area (Å²) < 4.78 is 66.3. The van der Waals surface area contributed by atoms with Crippen molar-refractivity contribution in [2.75, 3.05) is 33.9 Å². The lowest BCUT2D eigenvalue weighted by Crippen LogP contribution is -2.47. The van der Waals surface area contributed by atoms with E-state index in [9.17, 15) is 57.5 Å². The maximum absolute atomic E-state index is 13.9. The summed E-state index contributed by atoms with van der Waals surface area (Å²) in [6, 6.07) is 17.4. The molecule has 2 N–H and O–H groups in total. The van der Waals surface area contributed by atoms with Crippen molar-refractivity contribution >= 4 is 65.5 Å². The Morgan fingerprint density at radius 1 is 0.532 bits per heavy atom. The molecule has 0 spiro atoms. The summed E-state index contributed by atoms with van der Waals surface area (Å²) >= 11 is 0. The second-order valence-corrected chi connectivity index (χ2v) is 23.3. The van der Waals surface area contributed by atoms with Gasteiger partial charge in [0.1, 0.15) is 37.3 Å². The summed E-state index contributed by atoms with van der Waals surface area (Å²) in [5.74, 6) is -13.6. The summed E-state index contributed by atoms with van der Waals surface area (Å²) in [5.41, 5.74) is -0.0687. The smallest absolute Gasteiger partial charge is 0.332 e. The van der Waals surface area contributed by atoms with E-state index in [1.807, 2.05) is 18.2 Å². The Morgan fingerprint density at radius 3 is 1.37 bits per heavy atom. The number of aromatic nitrogens is 2. The van der Waals surface area contributed by atoms with Gasteiger partial charge in [0.2, 0.25) is 19.0 Å².